The van der Waals surface area contributed by atoms with Crippen LogP contribution in [0.4, 0.5) is 17.6 Å². The summed E-state index contributed by atoms with van der Waals surface area (Å²) in [5, 5.41) is 3.25. The van der Waals surface area contributed by atoms with E-state index < -0.39 is 18.0 Å². The van der Waals surface area contributed by atoms with Gasteiger partial charge in [-0.3, -0.25) is 0 Å². The third-order valence-electron chi connectivity index (χ3n) is 3.90. The van der Waals surface area contributed by atoms with E-state index in [1.54, 1.807) is 0 Å². The molecule has 0 atom stereocenters. The second-order valence-electron chi connectivity index (χ2n) is 5.53. The van der Waals surface area contributed by atoms with Crippen LogP contribution in [0.15, 0.2) is 16.6 Å². The molecular weight excluding hydrogens is 370 g/mol. The summed E-state index contributed by atoms with van der Waals surface area (Å²) >= 11 is 3.28. The van der Waals surface area contributed by atoms with Crippen molar-refractivity contribution in [2.75, 3.05) is 13.1 Å². The number of alkyl halides is 4. The number of hydrogen-bond acceptors (Lipinski definition) is 3. The lowest BCUT2D eigenvalue weighted by atomic mass is 9.91. The van der Waals surface area contributed by atoms with E-state index in [0.717, 1.165) is 31.5 Å². The summed E-state index contributed by atoms with van der Waals surface area (Å²) in [5.41, 5.74) is 0.746. The summed E-state index contributed by atoms with van der Waals surface area (Å²) in [5.74, 6) is -0.331. The van der Waals surface area contributed by atoms with Gasteiger partial charge in [-0.05, 0) is 56.0 Å². The predicted octanol–water partition coefficient (Wildman–Crippen LogP) is 3.95. The highest BCUT2D eigenvalue weighted by atomic mass is 79.9. The zero-order valence-electron chi connectivity index (χ0n) is 11.5. The number of benzene rings is 1. The minimum Gasteiger partial charge on any atom is -0.421 e. The van der Waals surface area contributed by atoms with Crippen molar-refractivity contribution in [3.8, 4) is 11.5 Å². The minimum absolute atomic E-state index is 0.358. The molecule has 2 aliphatic rings. The van der Waals surface area contributed by atoms with Gasteiger partial charge < -0.3 is 14.8 Å². The largest absolute Gasteiger partial charge is 0.507 e. The van der Waals surface area contributed by atoms with Gasteiger partial charge in [-0.2, -0.15) is 17.6 Å². The Morgan fingerprint density at radius 1 is 1.05 bits per heavy atom. The maximum absolute atomic E-state index is 13.2. The lowest BCUT2D eigenvalue weighted by Crippen LogP contribution is -2.52. The normalized spacial score (nSPS) is 23.3. The summed E-state index contributed by atoms with van der Waals surface area (Å²) in [7, 11) is 0. The van der Waals surface area contributed by atoms with Crippen LogP contribution < -0.4 is 14.8 Å². The number of hydrogen-bond donors (Lipinski definition) is 1. The smallest absolute Gasteiger partial charge is 0.421 e. The van der Waals surface area contributed by atoms with Crippen LogP contribution in [0.2, 0.25) is 0 Å². The van der Waals surface area contributed by atoms with Gasteiger partial charge in [0.05, 0.1) is 0 Å². The van der Waals surface area contributed by atoms with Gasteiger partial charge in [0.15, 0.2) is 11.5 Å². The molecule has 22 heavy (non-hydrogen) atoms. The number of halogens is 5. The fourth-order valence-electron chi connectivity index (χ4n) is 2.69. The van der Waals surface area contributed by atoms with E-state index in [4.69, 9.17) is 0 Å². The molecule has 3 nitrogen and oxygen atoms in total. The van der Waals surface area contributed by atoms with E-state index in [1.807, 2.05) is 0 Å². The first-order valence-electron chi connectivity index (χ1n) is 6.95. The standard InChI is InChI=1S/C14H14BrF4NO2/c15-10-7-12-11(21-13(16,17)14(18,19)22-12)6-9(10)5-8-1-3-20-4-2-8/h6-8,20H,1-5H2. The lowest BCUT2D eigenvalue weighted by molar-refractivity contribution is -0.391. The van der Waals surface area contributed by atoms with Gasteiger partial charge in [0, 0.05) is 4.47 Å². The van der Waals surface area contributed by atoms with Crippen molar-refractivity contribution in [3.05, 3.63) is 22.2 Å². The number of piperidine rings is 1. The third kappa shape index (κ3) is 2.90. The molecule has 1 fully saturated rings. The van der Waals surface area contributed by atoms with Crippen LogP contribution in [-0.4, -0.2) is 25.3 Å². The fraction of sp³-hybridized carbons (Fsp3) is 0.571. The Hall–Kier alpha value is -1.02. The molecule has 2 aliphatic heterocycles. The van der Waals surface area contributed by atoms with Gasteiger partial charge in [-0.15, -0.1) is 0 Å². The van der Waals surface area contributed by atoms with Crippen molar-refractivity contribution in [1.82, 2.24) is 5.32 Å². The molecule has 0 spiro atoms. The molecule has 3 rings (SSSR count). The highest BCUT2D eigenvalue weighted by Gasteiger charge is 2.66. The molecule has 1 aromatic rings. The maximum atomic E-state index is 13.2. The Balaban J connectivity index is 1.86. The number of nitrogens with one attached hydrogen (secondary N) is 1. The van der Waals surface area contributed by atoms with E-state index in [9.17, 15) is 17.6 Å². The molecule has 1 N–H and O–H groups in total. The van der Waals surface area contributed by atoms with Crippen molar-refractivity contribution in [2.24, 2.45) is 5.92 Å². The van der Waals surface area contributed by atoms with E-state index in [1.165, 1.54) is 12.1 Å². The zero-order valence-corrected chi connectivity index (χ0v) is 13.1. The van der Waals surface area contributed by atoms with E-state index in [0.29, 0.717) is 16.8 Å². The SMILES string of the molecule is FC1(F)Oc2cc(Br)c(CC3CCNCC3)cc2OC1(F)F. The zero-order chi connectivity index (χ0) is 16.0. The first-order valence-corrected chi connectivity index (χ1v) is 7.74. The van der Waals surface area contributed by atoms with Crippen LogP contribution in [-0.2, 0) is 6.42 Å². The van der Waals surface area contributed by atoms with Crippen molar-refractivity contribution < 1.29 is 27.0 Å². The van der Waals surface area contributed by atoms with Gasteiger partial charge in [0.1, 0.15) is 0 Å². The van der Waals surface area contributed by atoms with Crippen molar-refractivity contribution >= 4 is 15.9 Å². The minimum atomic E-state index is -4.68. The molecule has 0 unspecified atom stereocenters. The van der Waals surface area contributed by atoms with Gasteiger partial charge in [-0.25, -0.2) is 0 Å². The van der Waals surface area contributed by atoms with Gasteiger partial charge >= 0.3 is 12.2 Å². The molecule has 1 aromatic carbocycles. The summed E-state index contributed by atoms with van der Waals surface area (Å²) in [4.78, 5) is 0. The highest BCUT2D eigenvalue weighted by Crippen LogP contribution is 2.48. The quantitative estimate of drug-likeness (QED) is 0.784. The van der Waals surface area contributed by atoms with Crippen LogP contribution in [0.25, 0.3) is 0 Å². The molecule has 0 amide bonds. The number of rotatable bonds is 2. The van der Waals surface area contributed by atoms with Gasteiger partial charge in [0.25, 0.3) is 0 Å². The highest BCUT2D eigenvalue weighted by molar-refractivity contribution is 9.10. The van der Waals surface area contributed by atoms with Crippen LogP contribution in [0, 0.1) is 5.92 Å². The average molecular weight is 384 g/mol. The molecular formula is C14H14BrF4NO2. The molecule has 8 heteroatoms. The topological polar surface area (TPSA) is 30.5 Å². The summed E-state index contributed by atoms with van der Waals surface area (Å²) in [6, 6.07) is 2.61. The van der Waals surface area contributed by atoms with Crippen LogP contribution >= 0.6 is 15.9 Å². The molecule has 122 valence electrons. The van der Waals surface area contributed by atoms with Crippen LogP contribution in [0.5, 0.6) is 11.5 Å². The number of fused-ring (bicyclic) bond motifs is 1. The first-order chi connectivity index (χ1) is 10.3. The molecule has 0 radical (unpaired) electrons. The van der Waals surface area contributed by atoms with E-state index >= 15 is 0 Å². The number of ether oxygens (including phenoxy) is 2. The van der Waals surface area contributed by atoms with Crippen molar-refractivity contribution in [1.29, 1.82) is 0 Å². The Labute approximate surface area is 133 Å². The Morgan fingerprint density at radius 2 is 1.59 bits per heavy atom. The average Bonchev–Trinajstić information content (AvgIpc) is 2.43. The van der Waals surface area contributed by atoms with Gasteiger partial charge in [0.2, 0.25) is 0 Å². The third-order valence-corrected chi connectivity index (χ3v) is 4.63. The van der Waals surface area contributed by atoms with Gasteiger partial charge in [-0.1, -0.05) is 15.9 Å². The Morgan fingerprint density at radius 3 is 2.18 bits per heavy atom. The predicted molar refractivity (Wildman–Crippen MR) is 74.6 cm³/mol. The lowest BCUT2D eigenvalue weighted by Gasteiger charge is -2.32. The van der Waals surface area contributed by atoms with Crippen LogP contribution in [0.1, 0.15) is 18.4 Å². The first kappa shape index (κ1) is 15.9. The molecule has 1 saturated heterocycles. The summed E-state index contributed by atoms with van der Waals surface area (Å²) in [6.07, 6.45) is -6.74. The second-order valence-corrected chi connectivity index (χ2v) is 6.38. The molecule has 0 saturated carbocycles. The maximum Gasteiger partial charge on any atom is 0.507 e. The summed E-state index contributed by atoms with van der Waals surface area (Å²) < 4.78 is 61.6. The van der Waals surface area contributed by atoms with E-state index in [-0.39, 0.29) is 5.75 Å². The van der Waals surface area contributed by atoms with Crippen molar-refractivity contribution in [2.45, 2.75) is 31.5 Å². The molecule has 0 bridgehead atoms. The fourth-order valence-corrected chi connectivity index (χ4v) is 3.17. The molecule has 0 aliphatic carbocycles. The summed E-state index contributed by atoms with van der Waals surface area (Å²) in [6.45, 7) is 1.83. The molecule has 0 aromatic heterocycles. The second kappa shape index (κ2) is 5.56. The van der Waals surface area contributed by atoms with E-state index in [2.05, 4.69) is 30.7 Å². The Kier molecular flexibility index (Phi) is 4.01. The Bertz CT molecular complexity index is 576. The monoisotopic (exact) mass is 383 g/mol. The van der Waals surface area contributed by atoms with Crippen molar-refractivity contribution in [3.63, 3.8) is 0 Å². The van der Waals surface area contributed by atoms with Crippen LogP contribution in [0.3, 0.4) is 0 Å². The molecule has 2 heterocycles.